The van der Waals surface area contributed by atoms with Crippen LogP contribution in [0.15, 0.2) is 43.1 Å². The number of benzene rings is 2. The normalized spacial score (nSPS) is 11.3. The van der Waals surface area contributed by atoms with Crippen molar-refractivity contribution in [2.75, 3.05) is 13.7 Å². The molecule has 3 aromatic rings. The third-order valence-electron chi connectivity index (χ3n) is 4.38. The van der Waals surface area contributed by atoms with Crippen molar-refractivity contribution in [2.24, 2.45) is 5.10 Å². The SMILES string of the molecule is CCCc1nc2ccc(Br)cc2c(=O)n1N=Cc1cc(OC)c(OCC(=O)O)c(Cl)c1Br. The fraction of sp³-hybridized carbons (Fsp3) is 0.238. The molecule has 0 unspecified atom stereocenters. The van der Waals surface area contributed by atoms with E-state index in [1.807, 2.05) is 13.0 Å². The number of fused-ring (bicyclic) bond motifs is 1. The average Bonchev–Trinajstić information content (AvgIpc) is 2.76. The molecule has 1 aromatic heterocycles. The topological polar surface area (TPSA) is 103 Å². The molecule has 0 atom stereocenters. The average molecular weight is 588 g/mol. The van der Waals surface area contributed by atoms with Crippen LogP contribution in [-0.2, 0) is 11.2 Å². The van der Waals surface area contributed by atoms with E-state index in [0.29, 0.717) is 33.2 Å². The summed E-state index contributed by atoms with van der Waals surface area (Å²) in [7, 11) is 1.41. The number of hydrogen-bond acceptors (Lipinski definition) is 6. The van der Waals surface area contributed by atoms with E-state index < -0.39 is 12.6 Å². The lowest BCUT2D eigenvalue weighted by Gasteiger charge is -2.14. The Morgan fingerprint density at radius 3 is 2.75 bits per heavy atom. The fourth-order valence-corrected chi connectivity index (χ4v) is 3.95. The Bertz CT molecular complexity index is 1280. The van der Waals surface area contributed by atoms with Gasteiger partial charge in [-0.3, -0.25) is 4.79 Å². The minimum Gasteiger partial charge on any atom is -0.493 e. The van der Waals surface area contributed by atoms with Gasteiger partial charge in [-0.2, -0.15) is 9.78 Å². The number of rotatable bonds is 8. The highest BCUT2D eigenvalue weighted by Crippen LogP contribution is 2.42. The zero-order valence-corrected chi connectivity index (χ0v) is 21.0. The van der Waals surface area contributed by atoms with Crippen molar-refractivity contribution in [1.82, 2.24) is 9.66 Å². The van der Waals surface area contributed by atoms with Crippen LogP contribution in [0.3, 0.4) is 0 Å². The van der Waals surface area contributed by atoms with E-state index in [2.05, 4.69) is 41.9 Å². The van der Waals surface area contributed by atoms with Gasteiger partial charge in [-0.25, -0.2) is 9.78 Å². The van der Waals surface area contributed by atoms with Gasteiger partial charge >= 0.3 is 5.97 Å². The molecule has 0 aliphatic carbocycles. The first-order valence-electron chi connectivity index (χ1n) is 9.42. The van der Waals surface area contributed by atoms with Crippen molar-refractivity contribution in [2.45, 2.75) is 19.8 Å². The predicted octanol–water partition coefficient (Wildman–Crippen LogP) is 4.88. The molecule has 0 radical (unpaired) electrons. The number of hydrogen-bond donors (Lipinski definition) is 1. The molecule has 0 saturated carbocycles. The second-order valence-electron chi connectivity index (χ2n) is 6.61. The number of carbonyl (C=O) groups is 1. The van der Waals surface area contributed by atoms with Gasteiger partial charge in [0.25, 0.3) is 5.56 Å². The van der Waals surface area contributed by atoms with Gasteiger partial charge in [0.05, 0.1) is 24.2 Å². The molecule has 1 N–H and O–H groups in total. The Kier molecular flexibility index (Phi) is 7.91. The van der Waals surface area contributed by atoms with Crippen LogP contribution in [0.1, 0.15) is 24.7 Å². The maximum Gasteiger partial charge on any atom is 0.341 e. The lowest BCUT2D eigenvalue weighted by Crippen LogP contribution is -2.22. The van der Waals surface area contributed by atoms with Crippen molar-refractivity contribution in [3.8, 4) is 11.5 Å². The molecule has 0 amide bonds. The quantitative estimate of drug-likeness (QED) is 0.377. The van der Waals surface area contributed by atoms with Gasteiger partial charge in [-0.1, -0.05) is 34.5 Å². The van der Waals surface area contributed by atoms with Crippen molar-refractivity contribution in [1.29, 1.82) is 0 Å². The Labute approximate surface area is 205 Å². The molecule has 32 heavy (non-hydrogen) atoms. The molecular weight excluding hydrogens is 570 g/mol. The predicted molar refractivity (Wildman–Crippen MR) is 130 cm³/mol. The molecule has 2 aromatic carbocycles. The first-order chi connectivity index (χ1) is 15.3. The first-order valence-corrected chi connectivity index (χ1v) is 11.4. The fourth-order valence-electron chi connectivity index (χ4n) is 2.94. The standard InChI is InChI=1S/C21H18Br2ClN3O5/c1-3-4-16-26-14-6-5-12(22)8-13(14)21(30)27(16)25-9-11-7-15(31-2)20(19(24)18(11)23)32-10-17(28)29/h5-9H,3-4,10H2,1-2H3,(H,28,29). The van der Waals surface area contributed by atoms with Crippen molar-refractivity contribution in [3.05, 3.63) is 60.0 Å². The molecular formula is C21H18Br2ClN3O5. The maximum absolute atomic E-state index is 13.1. The van der Waals surface area contributed by atoms with E-state index in [0.717, 1.165) is 10.9 Å². The van der Waals surface area contributed by atoms with Crippen LogP contribution < -0.4 is 15.0 Å². The molecule has 8 nitrogen and oxygen atoms in total. The van der Waals surface area contributed by atoms with Crippen LogP contribution in [0, 0.1) is 0 Å². The molecule has 168 valence electrons. The number of aromatic nitrogens is 2. The van der Waals surface area contributed by atoms with E-state index in [4.69, 9.17) is 26.2 Å². The van der Waals surface area contributed by atoms with Crippen LogP contribution in [0.25, 0.3) is 10.9 Å². The lowest BCUT2D eigenvalue weighted by molar-refractivity contribution is -0.139. The van der Waals surface area contributed by atoms with Crippen molar-refractivity contribution in [3.63, 3.8) is 0 Å². The molecule has 0 saturated heterocycles. The summed E-state index contributed by atoms with van der Waals surface area (Å²) in [5.41, 5.74) is 0.795. The Morgan fingerprint density at radius 1 is 1.34 bits per heavy atom. The maximum atomic E-state index is 13.1. The molecule has 0 spiro atoms. The minimum absolute atomic E-state index is 0.0849. The van der Waals surface area contributed by atoms with E-state index in [-0.39, 0.29) is 22.1 Å². The van der Waals surface area contributed by atoms with Gasteiger partial charge in [-0.15, -0.1) is 0 Å². The molecule has 3 rings (SSSR count). The van der Waals surface area contributed by atoms with Gasteiger partial charge in [0.1, 0.15) is 10.8 Å². The largest absolute Gasteiger partial charge is 0.493 e. The number of ether oxygens (including phenoxy) is 2. The van der Waals surface area contributed by atoms with Crippen LogP contribution in [-0.4, -0.2) is 40.7 Å². The number of nitrogens with zero attached hydrogens (tertiary/aromatic N) is 3. The van der Waals surface area contributed by atoms with E-state index in [1.165, 1.54) is 18.0 Å². The third-order valence-corrected chi connectivity index (χ3v) is 6.31. The number of aliphatic carboxylic acids is 1. The second kappa shape index (κ2) is 10.5. The summed E-state index contributed by atoms with van der Waals surface area (Å²) in [5.74, 6) is -0.313. The molecule has 0 fully saturated rings. The number of methoxy groups -OCH3 is 1. The van der Waals surface area contributed by atoms with Crippen molar-refractivity contribution >= 4 is 66.5 Å². The Hall–Kier alpha value is -2.43. The molecule has 0 aliphatic rings. The summed E-state index contributed by atoms with van der Waals surface area (Å²) in [6.07, 6.45) is 2.79. The highest BCUT2D eigenvalue weighted by atomic mass is 79.9. The summed E-state index contributed by atoms with van der Waals surface area (Å²) in [6, 6.07) is 6.89. The lowest BCUT2D eigenvalue weighted by atomic mass is 10.2. The minimum atomic E-state index is -1.15. The Balaban J connectivity index is 2.11. The van der Waals surface area contributed by atoms with Gasteiger partial charge < -0.3 is 14.6 Å². The summed E-state index contributed by atoms with van der Waals surface area (Å²) in [4.78, 5) is 28.6. The summed E-state index contributed by atoms with van der Waals surface area (Å²) < 4.78 is 13.0. The summed E-state index contributed by atoms with van der Waals surface area (Å²) >= 11 is 13.1. The molecule has 1 heterocycles. The van der Waals surface area contributed by atoms with Gasteiger partial charge in [0.15, 0.2) is 18.1 Å². The zero-order chi connectivity index (χ0) is 23.4. The molecule has 11 heteroatoms. The number of carboxylic acid groups (broad SMARTS) is 1. The smallest absolute Gasteiger partial charge is 0.341 e. The highest BCUT2D eigenvalue weighted by molar-refractivity contribution is 9.10. The van der Waals surface area contributed by atoms with E-state index >= 15 is 0 Å². The molecule has 0 bridgehead atoms. The Morgan fingerprint density at radius 2 is 2.09 bits per heavy atom. The molecule has 0 aliphatic heterocycles. The zero-order valence-electron chi connectivity index (χ0n) is 17.1. The van der Waals surface area contributed by atoms with Crippen LogP contribution >= 0.6 is 43.5 Å². The summed E-state index contributed by atoms with van der Waals surface area (Å²) in [6.45, 7) is 1.41. The highest BCUT2D eigenvalue weighted by Gasteiger charge is 2.18. The van der Waals surface area contributed by atoms with Crippen molar-refractivity contribution < 1.29 is 19.4 Å². The third kappa shape index (κ3) is 5.13. The first kappa shape index (κ1) is 24.2. The van der Waals surface area contributed by atoms with Crippen LogP contribution in [0.5, 0.6) is 11.5 Å². The van der Waals surface area contributed by atoms with Gasteiger partial charge in [-0.05, 0) is 46.6 Å². The summed E-state index contributed by atoms with van der Waals surface area (Å²) in [5, 5.41) is 13.8. The number of aryl methyl sites for hydroxylation is 1. The van der Waals surface area contributed by atoms with Gasteiger partial charge in [0.2, 0.25) is 0 Å². The van der Waals surface area contributed by atoms with Crippen LogP contribution in [0.2, 0.25) is 5.02 Å². The van der Waals surface area contributed by atoms with E-state index in [9.17, 15) is 9.59 Å². The second-order valence-corrected chi connectivity index (χ2v) is 8.70. The number of halogens is 3. The monoisotopic (exact) mass is 585 g/mol. The van der Waals surface area contributed by atoms with E-state index in [1.54, 1.807) is 18.2 Å². The van der Waals surface area contributed by atoms with Gasteiger partial charge in [0, 0.05) is 20.9 Å². The number of carboxylic acids is 1. The van der Waals surface area contributed by atoms with Crippen LogP contribution in [0.4, 0.5) is 0 Å².